The maximum atomic E-state index is 13.3. The third-order valence-corrected chi connectivity index (χ3v) is 4.46. The first-order valence-electron chi connectivity index (χ1n) is 7.67. The van der Waals surface area contributed by atoms with E-state index in [-0.39, 0.29) is 42.7 Å². The van der Waals surface area contributed by atoms with Gasteiger partial charge in [0.2, 0.25) is 11.8 Å². The first-order chi connectivity index (χ1) is 10.5. The standard InChI is InChI=1S/C16H20FN3O2.ClH/c1-9-13(3-2-6-18-9)20-16(22)12-8-15(21)19-14-7-10(17)4-5-11(12)14;/h4-5,7,9,12-13,18H,2-3,6,8H2,1H3,(H,19,21)(H,20,22);1H. The van der Waals surface area contributed by atoms with Crippen LogP contribution in [0.3, 0.4) is 0 Å². The van der Waals surface area contributed by atoms with Gasteiger partial charge in [-0.15, -0.1) is 12.4 Å². The van der Waals surface area contributed by atoms with E-state index in [0.717, 1.165) is 19.4 Å². The summed E-state index contributed by atoms with van der Waals surface area (Å²) in [5, 5.41) is 9.00. The molecule has 126 valence electrons. The summed E-state index contributed by atoms with van der Waals surface area (Å²) < 4.78 is 13.3. The smallest absolute Gasteiger partial charge is 0.228 e. The van der Waals surface area contributed by atoms with Gasteiger partial charge in [0.05, 0.1) is 5.92 Å². The van der Waals surface area contributed by atoms with E-state index in [0.29, 0.717) is 11.3 Å². The monoisotopic (exact) mass is 341 g/mol. The van der Waals surface area contributed by atoms with Gasteiger partial charge in [-0.3, -0.25) is 9.59 Å². The lowest BCUT2D eigenvalue weighted by Gasteiger charge is -2.33. The van der Waals surface area contributed by atoms with Gasteiger partial charge in [0.25, 0.3) is 0 Å². The molecule has 2 aliphatic rings. The molecule has 0 aromatic heterocycles. The van der Waals surface area contributed by atoms with Gasteiger partial charge >= 0.3 is 0 Å². The number of anilines is 1. The SMILES string of the molecule is CC1NCCCC1NC(=O)C1CC(=O)Nc2cc(F)ccc21.Cl. The van der Waals surface area contributed by atoms with Crippen LogP contribution in [-0.4, -0.2) is 30.4 Å². The molecule has 1 aromatic carbocycles. The topological polar surface area (TPSA) is 70.2 Å². The van der Waals surface area contributed by atoms with Crippen molar-refractivity contribution in [3.05, 3.63) is 29.6 Å². The molecule has 2 heterocycles. The number of amides is 2. The van der Waals surface area contributed by atoms with Gasteiger partial charge in [-0.1, -0.05) is 6.07 Å². The van der Waals surface area contributed by atoms with E-state index in [1.54, 1.807) is 6.07 Å². The summed E-state index contributed by atoms with van der Waals surface area (Å²) in [5.74, 6) is -1.40. The summed E-state index contributed by atoms with van der Waals surface area (Å²) in [4.78, 5) is 24.4. The van der Waals surface area contributed by atoms with Crippen LogP contribution in [0.25, 0.3) is 0 Å². The summed E-state index contributed by atoms with van der Waals surface area (Å²) >= 11 is 0. The lowest BCUT2D eigenvalue weighted by atomic mass is 9.89. The van der Waals surface area contributed by atoms with Crippen molar-refractivity contribution in [1.82, 2.24) is 10.6 Å². The third kappa shape index (κ3) is 3.82. The first-order valence-corrected chi connectivity index (χ1v) is 7.67. The quantitative estimate of drug-likeness (QED) is 0.770. The number of hydrogen-bond donors (Lipinski definition) is 3. The van der Waals surface area contributed by atoms with Crippen LogP contribution in [0.4, 0.5) is 10.1 Å². The second-order valence-corrected chi connectivity index (χ2v) is 6.04. The molecule has 1 saturated heterocycles. The fourth-order valence-electron chi connectivity index (χ4n) is 3.20. The minimum atomic E-state index is -0.557. The van der Waals surface area contributed by atoms with Crippen molar-refractivity contribution in [1.29, 1.82) is 0 Å². The summed E-state index contributed by atoms with van der Waals surface area (Å²) in [7, 11) is 0. The minimum absolute atomic E-state index is 0. The second-order valence-electron chi connectivity index (χ2n) is 6.04. The lowest BCUT2D eigenvalue weighted by molar-refractivity contribution is -0.127. The molecule has 3 rings (SSSR count). The molecular formula is C16H21ClFN3O2. The Balaban J connectivity index is 0.00000192. The highest BCUT2D eigenvalue weighted by atomic mass is 35.5. The zero-order valence-electron chi connectivity index (χ0n) is 12.9. The van der Waals surface area contributed by atoms with Crippen LogP contribution in [0.1, 0.15) is 37.7 Å². The van der Waals surface area contributed by atoms with Crippen molar-refractivity contribution in [2.24, 2.45) is 0 Å². The number of nitrogens with one attached hydrogen (secondary N) is 3. The van der Waals surface area contributed by atoms with Gasteiger partial charge in [0.1, 0.15) is 5.82 Å². The highest BCUT2D eigenvalue weighted by Gasteiger charge is 2.33. The van der Waals surface area contributed by atoms with Crippen LogP contribution in [0.15, 0.2) is 18.2 Å². The molecule has 1 aromatic rings. The van der Waals surface area contributed by atoms with Crippen LogP contribution in [0, 0.1) is 5.82 Å². The molecule has 2 aliphatic heterocycles. The van der Waals surface area contributed by atoms with Gasteiger partial charge in [-0.25, -0.2) is 4.39 Å². The highest BCUT2D eigenvalue weighted by Crippen LogP contribution is 2.33. The van der Waals surface area contributed by atoms with Gasteiger partial charge in [0, 0.05) is 24.2 Å². The summed E-state index contributed by atoms with van der Waals surface area (Å²) in [5.41, 5.74) is 1.07. The number of halogens is 2. The predicted molar refractivity (Wildman–Crippen MR) is 88.3 cm³/mol. The first kappa shape index (κ1) is 17.7. The molecule has 0 spiro atoms. The van der Waals surface area contributed by atoms with Crippen molar-refractivity contribution in [2.75, 3.05) is 11.9 Å². The van der Waals surface area contributed by atoms with Crippen molar-refractivity contribution in [3.8, 4) is 0 Å². The lowest BCUT2D eigenvalue weighted by Crippen LogP contribution is -2.53. The van der Waals surface area contributed by atoms with E-state index >= 15 is 0 Å². The van der Waals surface area contributed by atoms with Gasteiger partial charge in [0.15, 0.2) is 0 Å². The predicted octanol–water partition coefficient (Wildman–Crippen LogP) is 1.93. The van der Waals surface area contributed by atoms with E-state index in [1.807, 2.05) is 6.92 Å². The number of benzene rings is 1. The van der Waals surface area contributed by atoms with Crippen LogP contribution in [0.2, 0.25) is 0 Å². The molecule has 3 N–H and O–H groups in total. The van der Waals surface area contributed by atoms with Crippen molar-refractivity contribution in [2.45, 2.75) is 44.2 Å². The number of hydrogen-bond acceptors (Lipinski definition) is 3. The van der Waals surface area contributed by atoms with E-state index in [1.165, 1.54) is 12.1 Å². The number of carbonyl (C=O) groups excluding carboxylic acids is 2. The molecule has 23 heavy (non-hydrogen) atoms. The van der Waals surface area contributed by atoms with Crippen LogP contribution in [-0.2, 0) is 9.59 Å². The van der Waals surface area contributed by atoms with Crippen molar-refractivity contribution in [3.63, 3.8) is 0 Å². The van der Waals surface area contributed by atoms with Gasteiger partial charge < -0.3 is 16.0 Å². The molecule has 0 radical (unpaired) electrons. The number of carbonyl (C=O) groups is 2. The maximum absolute atomic E-state index is 13.3. The molecule has 0 bridgehead atoms. The van der Waals surface area contributed by atoms with Crippen LogP contribution < -0.4 is 16.0 Å². The number of piperidine rings is 1. The Kier molecular flexibility index (Phi) is 5.59. The van der Waals surface area contributed by atoms with Crippen molar-refractivity contribution < 1.29 is 14.0 Å². The summed E-state index contributed by atoms with van der Waals surface area (Å²) in [6.45, 7) is 3.00. The molecule has 0 saturated carbocycles. The third-order valence-electron chi connectivity index (χ3n) is 4.46. The molecular weight excluding hydrogens is 321 g/mol. The zero-order chi connectivity index (χ0) is 15.7. The largest absolute Gasteiger partial charge is 0.351 e. The average molecular weight is 342 g/mol. The number of fused-ring (bicyclic) bond motifs is 1. The van der Waals surface area contributed by atoms with Crippen molar-refractivity contribution >= 4 is 29.9 Å². The Morgan fingerprint density at radius 3 is 2.91 bits per heavy atom. The average Bonchev–Trinajstić information content (AvgIpc) is 2.48. The highest BCUT2D eigenvalue weighted by molar-refractivity contribution is 6.01. The molecule has 5 nitrogen and oxygen atoms in total. The van der Waals surface area contributed by atoms with E-state index in [9.17, 15) is 14.0 Å². The maximum Gasteiger partial charge on any atom is 0.228 e. The number of rotatable bonds is 2. The minimum Gasteiger partial charge on any atom is -0.351 e. The van der Waals surface area contributed by atoms with E-state index < -0.39 is 11.7 Å². The Morgan fingerprint density at radius 1 is 1.39 bits per heavy atom. The van der Waals surface area contributed by atoms with Crippen LogP contribution in [0.5, 0.6) is 0 Å². The molecule has 0 aliphatic carbocycles. The Labute approximate surface area is 140 Å². The Hall–Kier alpha value is -1.66. The van der Waals surface area contributed by atoms with Gasteiger partial charge in [-0.05, 0) is 44.0 Å². The van der Waals surface area contributed by atoms with Crippen LogP contribution >= 0.6 is 12.4 Å². The van der Waals surface area contributed by atoms with E-state index in [2.05, 4.69) is 16.0 Å². The summed E-state index contributed by atoms with van der Waals surface area (Å²) in [6.07, 6.45) is 2.04. The molecule has 3 atom stereocenters. The van der Waals surface area contributed by atoms with E-state index in [4.69, 9.17) is 0 Å². The Bertz CT molecular complexity index is 611. The zero-order valence-corrected chi connectivity index (χ0v) is 13.7. The van der Waals surface area contributed by atoms with Gasteiger partial charge in [-0.2, -0.15) is 0 Å². The molecule has 1 fully saturated rings. The second kappa shape index (κ2) is 7.27. The summed E-state index contributed by atoms with van der Waals surface area (Å²) in [6, 6.07) is 4.44. The Morgan fingerprint density at radius 2 is 2.17 bits per heavy atom. The molecule has 2 amide bonds. The molecule has 7 heteroatoms. The fourth-order valence-corrected chi connectivity index (χ4v) is 3.20. The normalized spacial score (nSPS) is 26.5. The molecule has 3 unspecified atom stereocenters. The fraction of sp³-hybridized carbons (Fsp3) is 0.500.